The molecule has 0 amide bonds. The highest BCUT2D eigenvalue weighted by Crippen LogP contribution is 2.19. The minimum absolute atomic E-state index is 0.139. The highest BCUT2D eigenvalue weighted by atomic mass is 14.7. The van der Waals surface area contributed by atoms with E-state index in [1.165, 1.54) is 5.56 Å². The van der Waals surface area contributed by atoms with Crippen molar-refractivity contribution < 1.29 is 0 Å². The first-order valence-electron chi connectivity index (χ1n) is 5.57. The first-order valence-corrected chi connectivity index (χ1v) is 5.57. The third-order valence-corrected chi connectivity index (χ3v) is 2.67. The van der Waals surface area contributed by atoms with Gasteiger partial charge in [-0.2, -0.15) is 0 Å². The average molecular weight is 223 g/mol. The highest BCUT2D eigenvalue weighted by Gasteiger charge is 2.15. The summed E-state index contributed by atoms with van der Waals surface area (Å²) in [5, 5.41) is 7.68. The van der Waals surface area contributed by atoms with Gasteiger partial charge >= 0.3 is 0 Å². The van der Waals surface area contributed by atoms with E-state index in [0.717, 1.165) is 11.5 Å². The molecule has 0 fully saturated rings. The fourth-order valence-electron chi connectivity index (χ4n) is 1.79. The summed E-state index contributed by atoms with van der Waals surface area (Å²) in [6.07, 6.45) is 0.695. The van der Waals surface area contributed by atoms with Crippen molar-refractivity contribution in [1.82, 2.24) is 0 Å². The van der Waals surface area contributed by atoms with E-state index in [1.54, 1.807) is 0 Å². The number of benzene rings is 2. The zero-order chi connectivity index (χ0) is 12.1. The number of hydrogen-bond acceptors (Lipinski definition) is 1. The fourth-order valence-corrected chi connectivity index (χ4v) is 1.79. The summed E-state index contributed by atoms with van der Waals surface area (Å²) in [6, 6.07) is 19.9. The SMILES string of the molecule is N=C(N)[C](Cc1ccccc1)c1ccccc1. The first kappa shape index (κ1) is 11.4. The van der Waals surface area contributed by atoms with Crippen molar-refractivity contribution in [3.05, 3.63) is 77.7 Å². The van der Waals surface area contributed by atoms with Gasteiger partial charge in [-0.3, -0.25) is 5.41 Å². The summed E-state index contributed by atoms with van der Waals surface area (Å²) < 4.78 is 0. The molecule has 0 heterocycles. The Kier molecular flexibility index (Phi) is 3.55. The molecule has 0 atom stereocenters. The number of amidine groups is 1. The van der Waals surface area contributed by atoms with Crippen LogP contribution in [-0.4, -0.2) is 5.84 Å². The Balaban J connectivity index is 2.23. The second kappa shape index (κ2) is 5.30. The Morgan fingerprint density at radius 2 is 1.41 bits per heavy atom. The van der Waals surface area contributed by atoms with Crippen LogP contribution in [0.5, 0.6) is 0 Å². The standard InChI is InChI=1S/C15H15N2/c16-15(17)14(13-9-5-2-6-10-13)11-12-7-3-1-4-8-12/h1-10H,11H2,(H3,16,17). The van der Waals surface area contributed by atoms with E-state index in [9.17, 15) is 0 Å². The molecule has 0 aromatic heterocycles. The molecule has 0 saturated carbocycles. The fraction of sp³-hybridized carbons (Fsp3) is 0.0667. The summed E-state index contributed by atoms with van der Waals surface area (Å²) in [7, 11) is 0. The second-order valence-corrected chi connectivity index (χ2v) is 3.92. The Morgan fingerprint density at radius 3 is 1.94 bits per heavy atom. The number of rotatable bonds is 4. The third-order valence-electron chi connectivity index (χ3n) is 2.67. The quantitative estimate of drug-likeness (QED) is 0.607. The van der Waals surface area contributed by atoms with E-state index in [2.05, 4.69) is 0 Å². The third kappa shape index (κ3) is 2.94. The van der Waals surface area contributed by atoms with Crippen LogP contribution in [0, 0.1) is 11.3 Å². The van der Waals surface area contributed by atoms with Crippen molar-refractivity contribution in [2.75, 3.05) is 0 Å². The maximum absolute atomic E-state index is 7.68. The van der Waals surface area contributed by atoms with Crippen molar-refractivity contribution in [2.24, 2.45) is 5.73 Å². The van der Waals surface area contributed by atoms with Gasteiger partial charge in [-0.1, -0.05) is 60.7 Å². The lowest BCUT2D eigenvalue weighted by atomic mass is 9.91. The molecule has 0 aliphatic heterocycles. The van der Waals surface area contributed by atoms with Gasteiger partial charge in [-0.25, -0.2) is 0 Å². The molecule has 0 spiro atoms. The van der Waals surface area contributed by atoms with E-state index in [0.29, 0.717) is 6.42 Å². The maximum atomic E-state index is 7.68. The van der Waals surface area contributed by atoms with Gasteiger partial charge in [-0.05, 0) is 17.5 Å². The van der Waals surface area contributed by atoms with Crippen LogP contribution in [0.25, 0.3) is 0 Å². The Labute approximate surface area is 102 Å². The van der Waals surface area contributed by atoms with Crippen LogP contribution < -0.4 is 5.73 Å². The van der Waals surface area contributed by atoms with E-state index >= 15 is 0 Å². The molecule has 17 heavy (non-hydrogen) atoms. The largest absolute Gasteiger partial charge is 0.387 e. The predicted molar refractivity (Wildman–Crippen MR) is 70.8 cm³/mol. The van der Waals surface area contributed by atoms with Gasteiger partial charge in [0.25, 0.3) is 0 Å². The Morgan fingerprint density at radius 1 is 0.882 bits per heavy atom. The maximum Gasteiger partial charge on any atom is 0.103 e. The van der Waals surface area contributed by atoms with Gasteiger partial charge in [-0.15, -0.1) is 0 Å². The molecule has 2 rings (SSSR count). The minimum Gasteiger partial charge on any atom is -0.387 e. The molecule has 2 aromatic rings. The topological polar surface area (TPSA) is 49.9 Å². The van der Waals surface area contributed by atoms with Gasteiger partial charge in [0.2, 0.25) is 0 Å². The van der Waals surface area contributed by atoms with Crippen LogP contribution >= 0.6 is 0 Å². The smallest absolute Gasteiger partial charge is 0.103 e. The number of nitrogens with one attached hydrogen (secondary N) is 1. The van der Waals surface area contributed by atoms with Crippen LogP contribution in [0.4, 0.5) is 0 Å². The average Bonchev–Trinajstić information content (AvgIpc) is 2.38. The lowest BCUT2D eigenvalue weighted by Crippen LogP contribution is -2.23. The van der Waals surface area contributed by atoms with Crippen LogP contribution in [-0.2, 0) is 6.42 Å². The normalized spacial score (nSPS) is 10.4. The molecule has 0 aliphatic rings. The molecular weight excluding hydrogens is 208 g/mol. The summed E-state index contributed by atoms with van der Waals surface area (Å²) >= 11 is 0. The van der Waals surface area contributed by atoms with Gasteiger partial charge in [0.05, 0.1) is 5.92 Å². The highest BCUT2D eigenvalue weighted by molar-refractivity contribution is 5.95. The Hall–Kier alpha value is -2.09. The van der Waals surface area contributed by atoms with Crippen LogP contribution in [0.15, 0.2) is 60.7 Å². The molecule has 0 saturated heterocycles. The summed E-state index contributed by atoms with van der Waals surface area (Å²) in [6.45, 7) is 0. The lowest BCUT2D eigenvalue weighted by molar-refractivity contribution is 1.07. The molecule has 3 N–H and O–H groups in total. The van der Waals surface area contributed by atoms with E-state index in [-0.39, 0.29) is 5.84 Å². The van der Waals surface area contributed by atoms with Crippen molar-refractivity contribution in [2.45, 2.75) is 6.42 Å². The predicted octanol–water partition coefficient (Wildman–Crippen LogP) is 2.79. The molecule has 85 valence electrons. The van der Waals surface area contributed by atoms with Gasteiger partial charge < -0.3 is 5.73 Å². The van der Waals surface area contributed by atoms with Gasteiger partial charge in [0, 0.05) is 0 Å². The minimum atomic E-state index is 0.139. The van der Waals surface area contributed by atoms with Crippen molar-refractivity contribution in [1.29, 1.82) is 5.41 Å². The molecule has 2 heteroatoms. The number of hydrogen-bond donors (Lipinski definition) is 2. The van der Waals surface area contributed by atoms with Crippen LogP contribution in [0.1, 0.15) is 11.1 Å². The summed E-state index contributed by atoms with van der Waals surface area (Å²) in [4.78, 5) is 0. The molecule has 0 bridgehead atoms. The summed E-state index contributed by atoms with van der Waals surface area (Å²) in [5.41, 5.74) is 7.85. The molecule has 2 aromatic carbocycles. The zero-order valence-corrected chi connectivity index (χ0v) is 9.56. The van der Waals surface area contributed by atoms with Crippen LogP contribution in [0.2, 0.25) is 0 Å². The molecule has 0 aliphatic carbocycles. The monoisotopic (exact) mass is 223 g/mol. The molecule has 0 unspecified atom stereocenters. The first-order chi connectivity index (χ1) is 8.27. The number of nitrogens with two attached hydrogens (primary N) is 1. The molecular formula is C15H15N2. The molecule has 2 nitrogen and oxygen atoms in total. The van der Waals surface area contributed by atoms with Crippen LogP contribution in [0.3, 0.4) is 0 Å². The van der Waals surface area contributed by atoms with Crippen molar-refractivity contribution in [3.63, 3.8) is 0 Å². The lowest BCUT2D eigenvalue weighted by Gasteiger charge is -2.14. The second-order valence-electron chi connectivity index (χ2n) is 3.92. The van der Waals surface area contributed by atoms with Gasteiger partial charge in [0.15, 0.2) is 0 Å². The summed E-state index contributed by atoms with van der Waals surface area (Å²) in [5.74, 6) is 1.01. The van der Waals surface area contributed by atoms with Crippen molar-refractivity contribution in [3.8, 4) is 0 Å². The van der Waals surface area contributed by atoms with E-state index in [1.807, 2.05) is 60.7 Å². The Bertz CT molecular complexity index is 477. The van der Waals surface area contributed by atoms with E-state index < -0.39 is 0 Å². The van der Waals surface area contributed by atoms with E-state index in [4.69, 9.17) is 11.1 Å². The van der Waals surface area contributed by atoms with Gasteiger partial charge in [0.1, 0.15) is 5.84 Å². The molecule has 1 radical (unpaired) electrons. The zero-order valence-electron chi connectivity index (χ0n) is 9.56. The van der Waals surface area contributed by atoms with Crippen molar-refractivity contribution >= 4 is 5.84 Å².